The topological polar surface area (TPSA) is 63.8 Å². The van der Waals surface area contributed by atoms with Crippen molar-refractivity contribution in [2.45, 2.75) is 38.1 Å². The summed E-state index contributed by atoms with van der Waals surface area (Å²) >= 11 is 3.37. The zero-order chi connectivity index (χ0) is 14.7. The molecule has 1 fully saturated rings. The van der Waals surface area contributed by atoms with Gasteiger partial charge in [-0.25, -0.2) is 0 Å². The molecule has 2 aromatic rings. The third-order valence-corrected chi connectivity index (χ3v) is 4.61. The number of aromatic nitrogens is 3. The molecule has 3 rings (SSSR count). The first kappa shape index (κ1) is 14.7. The molecular weight excluding hydrogens is 332 g/mol. The number of nitrogens with one attached hydrogen (secondary N) is 1. The maximum atomic E-state index is 5.40. The molecule has 0 aliphatic heterocycles. The van der Waals surface area contributed by atoms with Gasteiger partial charge in [0.15, 0.2) is 0 Å². The first-order chi connectivity index (χ1) is 10.3. The fourth-order valence-electron chi connectivity index (χ4n) is 3.01. The Morgan fingerprint density at radius 1 is 1.33 bits per heavy atom. The summed E-state index contributed by atoms with van der Waals surface area (Å²) < 4.78 is 6.34. The van der Waals surface area contributed by atoms with Gasteiger partial charge in [-0.2, -0.15) is 4.98 Å². The van der Waals surface area contributed by atoms with Crippen LogP contribution in [0.25, 0.3) is 11.5 Å². The quantitative estimate of drug-likeness (QED) is 0.916. The monoisotopic (exact) mass is 350 g/mol. The average Bonchev–Trinajstić information content (AvgIpc) is 2.97. The molecule has 0 amide bonds. The third kappa shape index (κ3) is 3.49. The van der Waals surface area contributed by atoms with Crippen molar-refractivity contribution in [2.75, 3.05) is 7.05 Å². The van der Waals surface area contributed by atoms with Gasteiger partial charge in [0, 0.05) is 23.1 Å². The summed E-state index contributed by atoms with van der Waals surface area (Å²) in [4.78, 5) is 8.79. The summed E-state index contributed by atoms with van der Waals surface area (Å²) in [5.41, 5.74) is 0.738. The van der Waals surface area contributed by atoms with Crippen LogP contribution in [0.2, 0.25) is 0 Å². The predicted octanol–water partition coefficient (Wildman–Crippen LogP) is 3.21. The Labute approximate surface area is 132 Å². The van der Waals surface area contributed by atoms with E-state index in [1.807, 2.05) is 19.2 Å². The summed E-state index contributed by atoms with van der Waals surface area (Å²) in [6.45, 7) is 0. The van der Waals surface area contributed by atoms with E-state index < -0.39 is 0 Å². The van der Waals surface area contributed by atoms with E-state index in [-0.39, 0.29) is 0 Å². The van der Waals surface area contributed by atoms with E-state index in [2.05, 4.69) is 36.4 Å². The van der Waals surface area contributed by atoms with Crippen LogP contribution in [0.3, 0.4) is 0 Å². The summed E-state index contributed by atoms with van der Waals surface area (Å²) in [7, 11) is 2.04. The molecule has 21 heavy (non-hydrogen) atoms. The highest BCUT2D eigenvalue weighted by molar-refractivity contribution is 9.10. The first-order valence-electron chi connectivity index (χ1n) is 7.38. The fourth-order valence-corrected chi connectivity index (χ4v) is 3.24. The van der Waals surface area contributed by atoms with Gasteiger partial charge in [-0.3, -0.25) is 4.98 Å². The van der Waals surface area contributed by atoms with Crippen molar-refractivity contribution in [2.24, 2.45) is 5.92 Å². The summed E-state index contributed by atoms with van der Waals surface area (Å²) in [6.07, 6.45) is 7.63. The van der Waals surface area contributed by atoms with E-state index in [0.717, 1.165) is 16.6 Å². The number of hydrogen-bond acceptors (Lipinski definition) is 5. The number of halogens is 1. The minimum Gasteiger partial charge on any atom is -0.339 e. The van der Waals surface area contributed by atoms with E-state index in [1.54, 1.807) is 6.20 Å². The van der Waals surface area contributed by atoms with Crippen molar-refractivity contribution in [3.8, 4) is 11.5 Å². The number of pyridine rings is 1. The van der Waals surface area contributed by atoms with Gasteiger partial charge >= 0.3 is 0 Å². The molecule has 0 spiro atoms. The Morgan fingerprint density at radius 3 is 2.95 bits per heavy atom. The molecular formula is C15H19BrN4O. The Hall–Kier alpha value is -1.27. The minimum absolute atomic E-state index is 0.555. The lowest BCUT2D eigenvalue weighted by Gasteiger charge is -2.30. The molecule has 2 heterocycles. The van der Waals surface area contributed by atoms with Crippen LogP contribution in [0.1, 0.15) is 31.6 Å². The molecule has 5 nitrogen and oxygen atoms in total. The molecule has 6 heteroatoms. The molecule has 1 saturated carbocycles. The van der Waals surface area contributed by atoms with Crippen molar-refractivity contribution < 1.29 is 4.52 Å². The van der Waals surface area contributed by atoms with E-state index in [4.69, 9.17) is 4.52 Å². The molecule has 0 radical (unpaired) electrons. The highest BCUT2D eigenvalue weighted by Gasteiger charge is 2.26. The molecule has 2 aromatic heterocycles. The number of nitrogens with zero attached hydrogens (tertiary/aromatic N) is 3. The van der Waals surface area contributed by atoms with Crippen LogP contribution in [0, 0.1) is 5.92 Å². The van der Waals surface area contributed by atoms with Crippen molar-refractivity contribution in [1.29, 1.82) is 0 Å². The maximum absolute atomic E-state index is 5.40. The van der Waals surface area contributed by atoms with Crippen LogP contribution >= 0.6 is 15.9 Å². The largest absolute Gasteiger partial charge is 0.339 e. The first-order valence-corrected chi connectivity index (χ1v) is 8.17. The minimum atomic E-state index is 0.555. The zero-order valence-electron chi connectivity index (χ0n) is 12.1. The average molecular weight is 351 g/mol. The van der Waals surface area contributed by atoms with Crippen LogP contribution in [0.5, 0.6) is 0 Å². The van der Waals surface area contributed by atoms with Crippen molar-refractivity contribution in [3.63, 3.8) is 0 Å². The third-order valence-electron chi connectivity index (χ3n) is 4.14. The standard InChI is InChI=1S/C15H19BrN4O/c1-17-12-5-3-2-4-10(12)8-14-19-15(20-21-14)13-7-6-11(16)9-18-13/h6-7,9-10,12,17H,2-5,8H2,1H3. The van der Waals surface area contributed by atoms with Crippen molar-refractivity contribution >= 4 is 15.9 Å². The van der Waals surface area contributed by atoms with Gasteiger partial charge in [0.25, 0.3) is 0 Å². The van der Waals surface area contributed by atoms with Gasteiger partial charge in [0.05, 0.1) is 0 Å². The summed E-state index contributed by atoms with van der Waals surface area (Å²) in [5.74, 6) is 1.85. The van der Waals surface area contributed by atoms with Gasteiger partial charge in [-0.05, 0) is 53.9 Å². The molecule has 112 valence electrons. The molecule has 0 aromatic carbocycles. The lowest BCUT2D eigenvalue weighted by Crippen LogP contribution is -2.37. The van der Waals surface area contributed by atoms with Gasteiger partial charge in [0.1, 0.15) is 5.69 Å². The van der Waals surface area contributed by atoms with Crippen LogP contribution in [-0.2, 0) is 6.42 Å². The second-order valence-electron chi connectivity index (χ2n) is 5.52. The SMILES string of the molecule is CNC1CCCCC1Cc1nc(-c2ccc(Br)cn2)no1. The van der Waals surface area contributed by atoms with E-state index in [0.29, 0.717) is 23.7 Å². The van der Waals surface area contributed by atoms with E-state index >= 15 is 0 Å². The van der Waals surface area contributed by atoms with Gasteiger partial charge in [-0.15, -0.1) is 0 Å². The van der Waals surface area contributed by atoms with E-state index in [1.165, 1.54) is 25.7 Å². The smallest absolute Gasteiger partial charge is 0.227 e. The molecule has 0 bridgehead atoms. The second kappa shape index (κ2) is 6.66. The Kier molecular flexibility index (Phi) is 4.65. The van der Waals surface area contributed by atoms with Crippen LogP contribution in [0.15, 0.2) is 27.3 Å². The van der Waals surface area contributed by atoms with Crippen molar-refractivity contribution in [3.05, 3.63) is 28.7 Å². The number of rotatable bonds is 4. The predicted molar refractivity (Wildman–Crippen MR) is 83.7 cm³/mol. The fraction of sp³-hybridized carbons (Fsp3) is 0.533. The second-order valence-corrected chi connectivity index (χ2v) is 6.43. The lowest BCUT2D eigenvalue weighted by atomic mass is 9.82. The van der Waals surface area contributed by atoms with Crippen molar-refractivity contribution in [1.82, 2.24) is 20.4 Å². The molecule has 0 saturated heterocycles. The molecule has 1 N–H and O–H groups in total. The number of hydrogen-bond donors (Lipinski definition) is 1. The highest BCUT2D eigenvalue weighted by Crippen LogP contribution is 2.27. The molecule has 1 aliphatic carbocycles. The molecule has 2 atom stereocenters. The zero-order valence-corrected chi connectivity index (χ0v) is 13.6. The summed E-state index contributed by atoms with van der Waals surface area (Å²) in [5, 5.41) is 7.46. The Morgan fingerprint density at radius 2 is 2.19 bits per heavy atom. The van der Waals surface area contributed by atoms with E-state index in [9.17, 15) is 0 Å². The molecule has 1 aliphatic rings. The highest BCUT2D eigenvalue weighted by atomic mass is 79.9. The van der Waals surface area contributed by atoms with Crippen LogP contribution in [0.4, 0.5) is 0 Å². The normalized spacial score (nSPS) is 22.4. The van der Waals surface area contributed by atoms with Crippen LogP contribution < -0.4 is 5.32 Å². The van der Waals surface area contributed by atoms with Gasteiger partial charge in [-0.1, -0.05) is 18.0 Å². The Balaban J connectivity index is 1.71. The van der Waals surface area contributed by atoms with Crippen LogP contribution in [-0.4, -0.2) is 28.2 Å². The molecule has 2 unspecified atom stereocenters. The summed E-state index contributed by atoms with van der Waals surface area (Å²) in [6, 6.07) is 4.37. The Bertz CT molecular complexity index is 584. The van der Waals surface area contributed by atoms with Gasteiger partial charge in [0.2, 0.25) is 11.7 Å². The lowest BCUT2D eigenvalue weighted by molar-refractivity contribution is 0.248. The maximum Gasteiger partial charge on any atom is 0.227 e. The van der Waals surface area contributed by atoms with Gasteiger partial charge < -0.3 is 9.84 Å².